The van der Waals surface area contributed by atoms with Crippen molar-refractivity contribution in [3.63, 3.8) is 0 Å². The average molecular weight is 368 g/mol. The fourth-order valence-corrected chi connectivity index (χ4v) is 3.74. The van der Waals surface area contributed by atoms with Crippen molar-refractivity contribution in [2.45, 2.75) is 26.1 Å². The minimum Gasteiger partial charge on any atom is -0.480 e. The molecule has 0 radical (unpaired) electrons. The van der Waals surface area contributed by atoms with Crippen molar-refractivity contribution in [3.8, 4) is 0 Å². The SMILES string of the molecule is COCc1cccc([C@H](C(=O)O)N2CCN(Cc3ccccc3C)CC2)c1. The molecule has 1 atom stereocenters. The third kappa shape index (κ3) is 4.95. The number of benzene rings is 2. The van der Waals surface area contributed by atoms with Gasteiger partial charge in [0.25, 0.3) is 0 Å². The van der Waals surface area contributed by atoms with E-state index in [1.165, 1.54) is 11.1 Å². The van der Waals surface area contributed by atoms with Crippen LogP contribution in [-0.4, -0.2) is 54.2 Å². The summed E-state index contributed by atoms with van der Waals surface area (Å²) in [6, 6.07) is 15.6. The summed E-state index contributed by atoms with van der Waals surface area (Å²) in [4.78, 5) is 16.5. The highest BCUT2D eigenvalue weighted by molar-refractivity contribution is 5.75. The molecule has 2 aromatic carbocycles. The van der Waals surface area contributed by atoms with E-state index in [0.29, 0.717) is 6.61 Å². The molecule has 27 heavy (non-hydrogen) atoms. The lowest BCUT2D eigenvalue weighted by atomic mass is 10.0. The molecule has 144 valence electrons. The number of carboxylic acid groups (broad SMARTS) is 1. The molecule has 1 aliphatic rings. The number of hydrogen-bond donors (Lipinski definition) is 1. The normalized spacial score (nSPS) is 17.0. The largest absolute Gasteiger partial charge is 0.480 e. The van der Waals surface area contributed by atoms with E-state index in [9.17, 15) is 9.90 Å². The van der Waals surface area contributed by atoms with Crippen molar-refractivity contribution in [3.05, 3.63) is 70.8 Å². The third-order valence-corrected chi connectivity index (χ3v) is 5.24. The van der Waals surface area contributed by atoms with Crippen LogP contribution in [0.5, 0.6) is 0 Å². The first-order chi connectivity index (χ1) is 13.1. The van der Waals surface area contributed by atoms with Gasteiger partial charge in [0.05, 0.1) is 6.61 Å². The first-order valence-electron chi connectivity index (χ1n) is 9.40. The van der Waals surface area contributed by atoms with Crippen molar-refractivity contribution < 1.29 is 14.6 Å². The minimum absolute atomic E-state index is 0.490. The van der Waals surface area contributed by atoms with Crippen LogP contribution in [0.15, 0.2) is 48.5 Å². The predicted molar refractivity (Wildman–Crippen MR) is 106 cm³/mol. The van der Waals surface area contributed by atoms with Crippen LogP contribution in [0.1, 0.15) is 28.3 Å². The van der Waals surface area contributed by atoms with E-state index in [-0.39, 0.29) is 0 Å². The minimum atomic E-state index is -0.795. The quantitative estimate of drug-likeness (QED) is 0.814. The molecule has 0 unspecified atom stereocenters. The van der Waals surface area contributed by atoms with E-state index in [4.69, 9.17) is 4.74 Å². The number of ether oxygens (including phenoxy) is 1. The smallest absolute Gasteiger partial charge is 0.325 e. The maximum Gasteiger partial charge on any atom is 0.325 e. The monoisotopic (exact) mass is 368 g/mol. The van der Waals surface area contributed by atoms with Crippen molar-refractivity contribution in [2.24, 2.45) is 0 Å². The Hall–Kier alpha value is -2.21. The van der Waals surface area contributed by atoms with E-state index in [1.54, 1.807) is 7.11 Å². The van der Waals surface area contributed by atoms with Crippen molar-refractivity contribution >= 4 is 5.97 Å². The molecular weight excluding hydrogens is 340 g/mol. The number of carbonyl (C=O) groups is 1. The van der Waals surface area contributed by atoms with Gasteiger partial charge in [0.1, 0.15) is 6.04 Å². The zero-order valence-electron chi connectivity index (χ0n) is 16.1. The molecule has 1 N–H and O–H groups in total. The zero-order chi connectivity index (χ0) is 19.2. The third-order valence-electron chi connectivity index (χ3n) is 5.24. The summed E-state index contributed by atoms with van der Waals surface area (Å²) in [5.74, 6) is -0.795. The number of aryl methyl sites for hydroxylation is 1. The van der Waals surface area contributed by atoms with E-state index in [0.717, 1.165) is 43.9 Å². The number of nitrogens with zero attached hydrogens (tertiary/aromatic N) is 2. The summed E-state index contributed by atoms with van der Waals surface area (Å²) in [7, 11) is 1.65. The fraction of sp³-hybridized carbons (Fsp3) is 0.409. The molecule has 1 saturated heterocycles. The van der Waals surface area contributed by atoms with Gasteiger partial charge in [-0.3, -0.25) is 14.6 Å². The van der Waals surface area contributed by atoms with E-state index in [2.05, 4.69) is 41.0 Å². The van der Waals surface area contributed by atoms with Gasteiger partial charge in [-0.2, -0.15) is 0 Å². The van der Waals surface area contributed by atoms with Gasteiger partial charge in [0.15, 0.2) is 0 Å². The number of piperazine rings is 1. The molecule has 1 heterocycles. The van der Waals surface area contributed by atoms with Crippen molar-refractivity contribution in [1.29, 1.82) is 0 Å². The highest BCUT2D eigenvalue weighted by atomic mass is 16.5. The topological polar surface area (TPSA) is 53.0 Å². The van der Waals surface area contributed by atoms with Crippen LogP contribution in [0.3, 0.4) is 0 Å². The van der Waals surface area contributed by atoms with Crippen LogP contribution in [0.25, 0.3) is 0 Å². The first-order valence-corrected chi connectivity index (χ1v) is 9.40. The molecule has 2 aromatic rings. The van der Waals surface area contributed by atoms with E-state index in [1.807, 2.05) is 24.3 Å². The number of hydrogen-bond acceptors (Lipinski definition) is 4. The highest BCUT2D eigenvalue weighted by Gasteiger charge is 2.30. The lowest BCUT2D eigenvalue weighted by Gasteiger charge is -2.38. The molecule has 0 aliphatic carbocycles. The highest BCUT2D eigenvalue weighted by Crippen LogP contribution is 2.24. The van der Waals surface area contributed by atoms with Crippen LogP contribution in [-0.2, 0) is 22.7 Å². The number of aliphatic carboxylic acids is 1. The summed E-state index contributed by atoms with van der Waals surface area (Å²) in [6.07, 6.45) is 0. The molecule has 0 spiro atoms. The van der Waals surface area contributed by atoms with Gasteiger partial charge >= 0.3 is 5.97 Å². The molecule has 3 rings (SSSR count). The lowest BCUT2D eigenvalue weighted by molar-refractivity contribution is -0.144. The summed E-state index contributed by atoms with van der Waals surface area (Å²) >= 11 is 0. The van der Waals surface area contributed by atoms with Gasteiger partial charge in [-0.05, 0) is 29.2 Å². The average Bonchev–Trinajstić information content (AvgIpc) is 2.66. The summed E-state index contributed by atoms with van der Waals surface area (Å²) in [6.45, 7) is 6.78. The Bertz CT molecular complexity index is 770. The van der Waals surface area contributed by atoms with Gasteiger partial charge in [-0.1, -0.05) is 48.5 Å². The summed E-state index contributed by atoms with van der Waals surface area (Å²) in [5.41, 5.74) is 4.47. The van der Waals surface area contributed by atoms with Crippen LogP contribution in [0, 0.1) is 6.92 Å². The van der Waals surface area contributed by atoms with Gasteiger partial charge in [0.2, 0.25) is 0 Å². The van der Waals surface area contributed by atoms with Crippen LogP contribution in [0.2, 0.25) is 0 Å². The van der Waals surface area contributed by atoms with Crippen molar-refractivity contribution in [1.82, 2.24) is 9.80 Å². The molecule has 1 aliphatic heterocycles. The molecular formula is C22H28N2O3. The lowest BCUT2D eigenvalue weighted by Crippen LogP contribution is -2.48. The maximum atomic E-state index is 12.0. The van der Waals surface area contributed by atoms with Gasteiger partial charge < -0.3 is 9.84 Å². The van der Waals surface area contributed by atoms with E-state index >= 15 is 0 Å². The predicted octanol–water partition coefficient (Wildman–Crippen LogP) is 3.08. The Morgan fingerprint density at radius 3 is 2.52 bits per heavy atom. The molecule has 5 heteroatoms. The Morgan fingerprint density at radius 2 is 1.85 bits per heavy atom. The standard InChI is InChI=1S/C22H28N2O3/c1-17-6-3-4-8-20(17)15-23-10-12-24(13-11-23)21(22(25)26)19-9-5-7-18(14-19)16-27-2/h3-9,14,21H,10-13,15-16H2,1-2H3,(H,25,26)/t21-/m1/s1. The Morgan fingerprint density at radius 1 is 1.11 bits per heavy atom. The molecule has 5 nitrogen and oxygen atoms in total. The number of carboxylic acids is 1. The zero-order valence-corrected chi connectivity index (χ0v) is 16.1. The fourth-order valence-electron chi connectivity index (χ4n) is 3.74. The molecule has 0 saturated carbocycles. The van der Waals surface area contributed by atoms with Gasteiger partial charge in [0, 0.05) is 39.8 Å². The second-order valence-corrected chi connectivity index (χ2v) is 7.16. The first kappa shape index (κ1) is 19.5. The maximum absolute atomic E-state index is 12.0. The number of methoxy groups -OCH3 is 1. The number of rotatable bonds is 7. The molecule has 1 fully saturated rings. The summed E-state index contributed by atoms with van der Waals surface area (Å²) in [5, 5.41) is 9.85. The molecule has 0 amide bonds. The van der Waals surface area contributed by atoms with Gasteiger partial charge in [-0.15, -0.1) is 0 Å². The van der Waals surface area contributed by atoms with Crippen LogP contribution >= 0.6 is 0 Å². The second kappa shape index (κ2) is 9.13. The molecule has 0 bridgehead atoms. The van der Waals surface area contributed by atoms with Crippen LogP contribution in [0.4, 0.5) is 0 Å². The Balaban J connectivity index is 1.66. The van der Waals surface area contributed by atoms with Crippen LogP contribution < -0.4 is 0 Å². The molecule has 0 aromatic heterocycles. The Kier molecular flexibility index (Phi) is 6.61. The Labute approximate surface area is 161 Å². The second-order valence-electron chi connectivity index (χ2n) is 7.16. The van der Waals surface area contributed by atoms with Gasteiger partial charge in [-0.25, -0.2) is 0 Å². The van der Waals surface area contributed by atoms with Crippen molar-refractivity contribution in [2.75, 3.05) is 33.3 Å². The summed E-state index contributed by atoms with van der Waals surface area (Å²) < 4.78 is 5.18. The van der Waals surface area contributed by atoms with E-state index < -0.39 is 12.0 Å².